The van der Waals surface area contributed by atoms with E-state index in [4.69, 9.17) is 4.74 Å². The number of carbonyl (C=O) groups is 2. The van der Waals surface area contributed by atoms with Crippen molar-refractivity contribution < 1.29 is 19.2 Å². The lowest BCUT2D eigenvalue weighted by atomic mass is 10.2. The van der Waals surface area contributed by atoms with E-state index in [1.165, 1.54) is 10.9 Å². The monoisotopic (exact) mass is 441 g/mol. The number of H-pyrrole nitrogens is 1. The summed E-state index contributed by atoms with van der Waals surface area (Å²) >= 11 is 2.99. The Morgan fingerprint density at radius 1 is 1.44 bits per heavy atom. The van der Waals surface area contributed by atoms with E-state index in [-0.39, 0.29) is 27.5 Å². The number of nitro groups is 1. The SMILES string of the molecule is CCn1ncc(NC(=O)c2n[nH]c([N+](=O)[O-])c2Br)c1C(=O)N1CCOCC1. The molecule has 2 amide bonds. The molecule has 1 fully saturated rings. The third-order valence-electron chi connectivity index (χ3n) is 3.98. The van der Waals surface area contributed by atoms with Gasteiger partial charge < -0.3 is 25.1 Å². The molecule has 0 bridgehead atoms. The van der Waals surface area contributed by atoms with Crippen LogP contribution < -0.4 is 5.32 Å². The number of hydrogen-bond acceptors (Lipinski definition) is 7. The largest absolute Gasteiger partial charge is 0.378 e. The number of carbonyl (C=O) groups excluding carboxylic acids is 2. The quantitative estimate of drug-likeness (QED) is 0.519. The Balaban J connectivity index is 1.87. The summed E-state index contributed by atoms with van der Waals surface area (Å²) in [6.07, 6.45) is 1.37. The predicted molar refractivity (Wildman–Crippen MR) is 95.5 cm³/mol. The van der Waals surface area contributed by atoms with E-state index in [1.807, 2.05) is 6.92 Å². The van der Waals surface area contributed by atoms with Crippen LogP contribution in [0.3, 0.4) is 0 Å². The number of hydrogen-bond donors (Lipinski definition) is 2. The van der Waals surface area contributed by atoms with Gasteiger partial charge in [-0.05, 0) is 27.8 Å². The number of halogens is 1. The Kier molecular flexibility index (Phi) is 5.51. The summed E-state index contributed by atoms with van der Waals surface area (Å²) in [5.41, 5.74) is 0.237. The summed E-state index contributed by atoms with van der Waals surface area (Å²) in [6, 6.07) is 0. The van der Waals surface area contributed by atoms with Crippen molar-refractivity contribution in [3.63, 3.8) is 0 Å². The molecule has 2 N–H and O–H groups in total. The van der Waals surface area contributed by atoms with Gasteiger partial charge in [0.2, 0.25) is 0 Å². The van der Waals surface area contributed by atoms with Gasteiger partial charge in [0.15, 0.2) is 5.69 Å². The van der Waals surface area contributed by atoms with Gasteiger partial charge in [-0.15, -0.1) is 5.10 Å². The van der Waals surface area contributed by atoms with Crippen LogP contribution in [0.2, 0.25) is 0 Å². The minimum absolute atomic E-state index is 0.0751. The van der Waals surface area contributed by atoms with Crippen LogP contribution in [0.1, 0.15) is 27.9 Å². The van der Waals surface area contributed by atoms with E-state index in [2.05, 4.69) is 36.5 Å². The van der Waals surface area contributed by atoms with Crippen molar-refractivity contribution in [2.75, 3.05) is 31.6 Å². The number of nitrogens with zero attached hydrogens (tertiary/aromatic N) is 5. The summed E-state index contributed by atoms with van der Waals surface area (Å²) < 4.78 is 6.66. The second-order valence-corrected chi connectivity index (χ2v) is 6.37. The van der Waals surface area contributed by atoms with E-state index in [1.54, 1.807) is 4.90 Å². The van der Waals surface area contributed by atoms with Crippen LogP contribution in [-0.2, 0) is 11.3 Å². The van der Waals surface area contributed by atoms with Crippen LogP contribution in [-0.4, -0.2) is 67.9 Å². The molecule has 27 heavy (non-hydrogen) atoms. The molecule has 0 aromatic carbocycles. The van der Waals surface area contributed by atoms with Gasteiger partial charge in [-0.1, -0.05) is 5.10 Å². The average Bonchev–Trinajstić information content (AvgIpc) is 3.25. The van der Waals surface area contributed by atoms with Crippen molar-refractivity contribution in [1.82, 2.24) is 24.9 Å². The summed E-state index contributed by atoms with van der Waals surface area (Å²) in [4.78, 5) is 37.2. The molecule has 2 aromatic rings. The van der Waals surface area contributed by atoms with Crippen molar-refractivity contribution in [3.8, 4) is 0 Å². The number of rotatable bonds is 5. The van der Waals surface area contributed by atoms with Gasteiger partial charge in [-0.2, -0.15) is 5.10 Å². The minimum atomic E-state index is -0.710. The molecule has 1 aliphatic heterocycles. The normalized spacial score (nSPS) is 14.2. The van der Waals surface area contributed by atoms with Gasteiger partial charge in [0.1, 0.15) is 10.2 Å². The highest BCUT2D eigenvalue weighted by molar-refractivity contribution is 9.10. The molecule has 0 saturated carbocycles. The van der Waals surface area contributed by atoms with Crippen molar-refractivity contribution >= 4 is 39.2 Å². The molecule has 0 spiro atoms. The molecule has 0 unspecified atom stereocenters. The first-order valence-corrected chi connectivity index (χ1v) is 8.85. The van der Waals surface area contributed by atoms with E-state index in [0.717, 1.165) is 0 Å². The smallest absolute Gasteiger partial charge is 0.357 e. The fourth-order valence-electron chi connectivity index (χ4n) is 2.63. The van der Waals surface area contributed by atoms with Crippen molar-refractivity contribution in [2.24, 2.45) is 0 Å². The summed E-state index contributed by atoms with van der Waals surface area (Å²) in [6.45, 7) is 4.02. The fraction of sp³-hybridized carbons (Fsp3) is 0.429. The molecular weight excluding hydrogens is 426 g/mol. The number of amides is 2. The maximum atomic E-state index is 12.9. The van der Waals surface area contributed by atoms with Gasteiger partial charge in [-0.25, -0.2) is 0 Å². The lowest BCUT2D eigenvalue weighted by Gasteiger charge is -2.27. The average molecular weight is 442 g/mol. The molecule has 13 heteroatoms. The topological polar surface area (TPSA) is 148 Å². The summed E-state index contributed by atoms with van der Waals surface area (Å²) in [7, 11) is 0. The fourth-order valence-corrected chi connectivity index (χ4v) is 3.13. The molecular formula is C14H16BrN7O5. The molecule has 0 atom stereocenters. The summed E-state index contributed by atoms with van der Waals surface area (Å²) in [5, 5.41) is 23.4. The highest BCUT2D eigenvalue weighted by atomic mass is 79.9. The number of morpholine rings is 1. The molecule has 2 aromatic heterocycles. The Morgan fingerprint density at radius 2 is 2.15 bits per heavy atom. The number of aryl methyl sites for hydroxylation is 1. The van der Waals surface area contributed by atoms with Crippen molar-refractivity contribution in [2.45, 2.75) is 13.5 Å². The molecule has 3 heterocycles. The summed E-state index contributed by atoms with van der Waals surface area (Å²) in [5.74, 6) is -1.42. The van der Waals surface area contributed by atoms with E-state index in [0.29, 0.717) is 32.8 Å². The van der Waals surface area contributed by atoms with Gasteiger partial charge >= 0.3 is 5.82 Å². The molecule has 0 radical (unpaired) electrons. The van der Waals surface area contributed by atoms with Crippen molar-refractivity contribution in [1.29, 1.82) is 0 Å². The minimum Gasteiger partial charge on any atom is -0.378 e. The van der Waals surface area contributed by atoms with Crippen LogP contribution in [0.4, 0.5) is 11.5 Å². The van der Waals surface area contributed by atoms with Gasteiger partial charge in [0, 0.05) is 19.6 Å². The van der Waals surface area contributed by atoms with Gasteiger partial charge in [0.05, 0.1) is 25.1 Å². The molecule has 0 aliphatic carbocycles. The number of aromatic nitrogens is 4. The Bertz CT molecular complexity index is 887. The number of aromatic amines is 1. The zero-order valence-corrected chi connectivity index (χ0v) is 15.9. The van der Waals surface area contributed by atoms with E-state index < -0.39 is 16.6 Å². The zero-order valence-electron chi connectivity index (χ0n) is 14.3. The van der Waals surface area contributed by atoms with Crippen molar-refractivity contribution in [3.05, 3.63) is 32.2 Å². The second-order valence-electron chi connectivity index (χ2n) is 5.57. The predicted octanol–water partition coefficient (Wildman–Crippen LogP) is 1.02. The molecule has 12 nitrogen and oxygen atoms in total. The van der Waals surface area contributed by atoms with Gasteiger partial charge in [0.25, 0.3) is 11.8 Å². The highest BCUT2D eigenvalue weighted by Gasteiger charge is 2.29. The highest BCUT2D eigenvalue weighted by Crippen LogP contribution is 2.27. The van der Waals surface area contributed by atoms with E-state index >= 15 is 0 Å². The van der Waals surface area contributed by atoms with Crippen LogP contribution in [0.15, 0.2) is 10.7 Å². The first-order chi connectivity index (χ1) is 12.9. The zero-order chi connectivity index (χ0) is 19.6. The van der Waals surface area contributed by atoms with Gasteiger partial charge in [-0.3, -0.25) is 14.3 Å². The maximum Gasteiger partial charge on any atom is 0.357 e. The molecule has 1 aliphatic rings. The molecule has 1 saturated heterocycles. The second kappa shape index (κ2) is 7.84. The third kappa shape index (κ3) is 3.68. The van der Waals surface area contributed by atoms with E-state index in [9.17, 15) is 19.7 Å². The Labute approximate surface area is 161 Å². The van der Waals surface area contributed by atoms with Crippen LogP contribution >= 0.6 is 15.9 Å². The van der Waals surface area contributed by atoms with Crippen LogP contribution in [0.5, 0.6) is 0 Å². The number of anilines is 1. The molecule has 3 rings (SSSR count). The first kappa shape index (κ1) is 19.0. The lowest BCUT2D eigenvalue weighted by molar-refractivity contribution is -0.390. The standard InChI is InChI=1S/C14H16BrN7O5/c1-2-21-11(14(24)20-3-5-27-6-4-20)8(7-16-21)17-13(23)10-9(15)12(19-18-10)22(25)26/h7H,2-6H2,1H3,(H,17,23)(H,18,19). The first-order valence-electron chi connectivity index (χ1n) is 8.06. The lowest BCUT2D eigenvalue weighted by Crippen LogP contribution is -2.41. The molecule has 144 valence electrons. The third-order valence-corrected chi connectivity index (χ3v) is 4.73. The Hall–Kier alpha value is -2.80. The number of nitrogens with one attached hydrogen (secondary N) is 2. The van der Waals surface area contributed by atoms with Crippen LogP contribution in [0.25, 0.3) is 0 Å². The number of ether oxygens (including phenoxy) is 1. The van der Waals surface area contributed by atoms with Crippen LogP contribution in [0, 0.1) is 10.1 Å². The Morgan fingerprint density at radius 3 is 2.74 bits per heavy atom. The maximum absolute atomic E-state index is 12.9.